The van der Waals surface area contributed by atoms with E-state index in [0.29, 0.717) is 0 Å². The monoisotopic (exact) mass is 200 g/mol. The maximum absolute atomic E-state index is 12.5. The van der Waals surface area contributed by atoms with Crippen LogP contribution in [0, 0.1) is 13.8 Å². The van der Waals surface area contributed by atoms with Gasteiger partial charge < -0.3 is 5.11 Å². The molecular formula is C11H14F2O. The van der Waals surface area contributed by atoms with E-state index in [-0.39, 0.29) is 5.56 Å². The molecule has 0 spiro atoms. The Morgan fingerprint density at radius 3 is 2.21 bits per heavy atom. The van der Waals surface area contributed by atoms with Crippen molar-refractivity contribution in [2.24, 2.45) is 0 Å². The van der Waals surface area contributed by atoms with Crippen LogP contribution in [0.25, 0.3) is 0 Å². The lowest BCUT2D eigenvalue weighted by Crippen LogP contribution is -2.30. The van der Waals surface area contributed by atoms with Crippen LogP contribution < -0.4 is 0 Å². The fourth-order valence-corrected chi connectivity index (χ4v) is 1.18. The normalized spacial score (nSPS) is 15.6. The number of halogens is 2. The summed E-state index contributed by atoms with van der Waals surface area (Å²) in [6.07, 6.45) is -2.77. The van der Waals surface area contributed by atoms with E-state index < -0.39 is 12.0 Å². The van der Waals surface area contributed by atoms with Crippen molar-refractivity contribution in [2.75, 3.05) is 0 Å². The molecule has 14 heavy (non-hydrogen) atoms. The predicted molar refractivity (Wildman–Crippen MR) is 51.5 cm³/mol. The number of alkyl halides is 2. The zero-order valence-electron chi connectivity index (χ0n) is 8.51. The van der Waals surface area contributed by atoms with Crippen LogP contribution in [-0.2, 0) is 5.60 Å². The second kappa shape index (κ2) is 3.65. The molecule has 1 aromatic rings. The molecule has 1 nitrogen and oxygen atoms in total. The minimum atomic E-state index is -2.77. The Morgan fingerprint density at radius 2 is 1.79 bits per heavy atom. The van der Waals surface area contributed by atoms with Crippen molar-refractivity contribution in [3.05, 3.63) is 34.9 Å². The molecule has 1 rings (SSSR count). The van der Waals surface area contributed by atoms with E-state index in [2.05, 4.69) is 0 Å². The standard InChI is InChI=1S/C11H14F2O/c1-7-4-5-9(6-8(7)2)11(3,14)10(12)13/h4-6,10,14H,1-3H3. The Bertz CT molecular complexity index is 332. The van der Waals surface area contributed by atoms with Gasteiger partial charge in [-0.15, -0.1) is 0 Å². The molecule has 0 saturated carbocycles. The molecule has 3 heteroatoms. The molecule has 1 N–H and O–H groups in total. The third-order valence-corrected chi connectivity index (χ3v) is 2.52. The summed E-state index contributed by atoms with van der Waals surface area (Å²) < 4.78 is 25.0. The van der Waals surface area contributed by atoms with E-state index in [4.69, 9.17) is 0 Å². The van der Waals surface area contributed by atoms with Crippen LogP contribution in [0.3, 0.4) is 0 Å². The molecule has 0 radical (unpaired) electrons. The van der Waals surface area contributed by atoms with E-state index >= 15 is 0 Å². The van der Waals surface area contributed by atoms with Crippen molar-refractivity contribution in [2.45, 2.75) is 32.8 Å². The first-order chi connectivity index (χ1) is 6.35. The van der Waals surface area contributed by atoms with E-state index in [0.717, 1.165) is 18.1 Å². The van der Waals surface area contributed by atoms with Crippen molar-refractivity contribution in [3.63, 3.8) is 0 Å². The first-order valence-corrected chi connectivity index (χ1v) is 4.44. The maximum atomic E-state index is 12.5. The first kappa shape index (κ1) is 11.1. The molecule has 78 valence electrons. The highest BCUT2D eigenvalue weighted by molar-refractivity contribution is 5.33. The second-order valence-corrected chi connectivity index (χ2v) is 3.75. The highest BCUT2D eigenvalue weighted by Crippen LogP contribution is 2.28. The summed E-state index contributed by atoms with van der Waals surface area (Å²) in [4.78, 5) is 0. The van der Waals surface area contributed by atoms with Crippen LogP contribution >= 0.6 is 0 Å². The number of rotatable bonds is 2. The number of aliphatic hydroxyl groups is 1. The Balaban J connectivity index is 3.14. The van der Waals surface area contributed by atoms with Gasteiger partial charge in [-0.1, -0.05) is 18.2 Å². The van der Waals surface area contributed by atoms with Gasteiger partial charge in [-0.2, -0.15) is 0 Å². The molecule has 1 atom stereocenters. The van der Waals surface area contributed by atoms with Crippen LogP contribution in [0.4, 0.5) is 8.78 Å². The van der Waals surface area contributed by atoms with Crippen LogP contribution in [0.5, 0.6) is 0 Å². The van der Waals surface area contributed by atoms with Crippen LogP contribution in [0.2, 0.25) is 0 Å². The summed E-state index contributed by atoms with van der Waals surface area (Å²) in [6, 6.07) is 4.87. The number of aryl methyl sites for hydroxylation is 2. The molecule has 0 aliphatic rings. The van der Waals surface area contributed by atoms with Gasteiger partial charge in [-0.05, 0) is 37.5 Å². The van der Waals surface area contributed by atoms with E-state index in [1.165, 1.54) is 6.07 Å². The summed E-state index contributed by atoms with van der Waals surface area (Å²) in [5, 5.41) is 9.53. The molecule has 0 heterocycles. The average Bonchev–Trinajstić information content (AvgIpc) is 2.09. The predicted octanol–water partition coefficient (Wildman–Crippen LogP) is 2.78. The Labute approximate surface area is 82.4 Å². The smallest absolute Gasteiger partial charge is 0.270 e. The Hall–Kier alpha value is -0.960. The summed E-state index contributed by atoms with van der Waals surface area (Å²) in [5.41, 5.74) is 0.135. The largest absolute Gasteiger partial charge is 0.379 e. The Morgan fingerprint density at radius 1 is 1.21 bits per heavy atom. The first-order valence-electron chi connectivity index (χ1n) is 4.44. The average molecular weight is 200 g/mol. The van der Waals surface area contributed by atoms with Crippen molar-refractivity contribution in [3.8, 4) is 0 Å². The molecule has 0 amide bonds. The molecule has 0 aromatic heterocycles. The van der Waals surface area contributed by atoms with Gasteiger partial charge in [0, 0.05) is 0 Å². The third kappa shape index (κ3) is 1.93. The van der Waals surface area contributed by atoms with Crippen molar-refractivity contribution < 1.29 is 13.9 Å². The quantitative estimate of drug-likeness (QED) is 0.778. The minimum Gasteiger partial charge on any atom is -0.379 e. The second-order valence-electron chi connectivity index (χ2n) is 3.75. The van der Waals surface area contributed by atoms with Crippen molar-refractivity contribution >= 4 is 0 Å². The molecule has 0 bridgehead atoms. The van der Waals surface area contributed by atoms with Gasteiger partial charge in [-0.3, -0.25) is 0 Å². The zero-order chi connectivity index (χ0) is 10.9. The van der Waals surface area contributed by atoms with Gasteiger partial charge in [0.05, 0.1) is 0 Å². The van der Waals surface area contributed by atoms with E-state index in [1.54, 1.807) is 12.1 Å². The summed E-state index contributed by atoms with van der Waals surface area (Å²) >= 11 is 0. The van der Waals surface area contributed by atoms with Gasteiger partial charge >= 0.3 is 0 Å². The molecule has 0 saturated heterocycles. The van der Waals surface area contributed by atoms with Gasteiger partial charge in [0.1, 0.15) is 5.60 Å². The Kier molecular flexibility index (Phi) is 2.90. The van der Waals surface area contributed by atoms with Crippen molar-refractivity contribution in [1.29, 1.82) is 0 Å². The summed E-state index contributed by atoms with van der Waals surface area (Å²) in [6.45, 7) is 4.86. The maximum Gasteiger partial charge on any atom is 0.270 e. The zero-order valence-corrected chi connectivity index (χ0v) is 8.51. The lowest BCUT2D eigenvalue weighted by molar-refractivity contribution is -0.0883. The summed E-state index contributed by atoms with van der Waals surface area (Å²) in [5.74, 6) is 0. The molecule has 1 unspecified atom stereocenters. The van der Waals surface area contributed by atoms with E-state index in [9.17, 15) is 13.9 Å². The lowest BCUT2D eigenvalue weighted by Gasteiger charge is -2.23. The third-order valence-electron chi connectivity index (χ3n) is 2.52. The van der Waals surface area contributed by atoms with Gasteiger partial charge in [0.2, 0.25) is 0 Å². The number of hydrogen-bond acceptors (Lipinski definition) is 1. The van der Waals surface area contributed by atoms with E-state index in [1.807, 2.05) is 13.8 Å². The summed E-state index contributed by atoms with van der Waals surface area (Å²) in [7, 11) is 0. The topological polar surface area (TPSA) is 20.2 Å². The van der Waals surface area contributed by atoms with Crippen LogP contribution in [0.15, 0.2) is 18.2 Å². The number of benzene rings is 1. The minimum absolute atomic E-state index is 0.260. The lowest BCUT2D eigenvalue weighted by atomic mass is 9.93. The fourth-order valence-electron chi connectivity index (χ4n) is 1.18. The molecule has 0 aliphatic heterocycles. The highest BCUT2D eigenvalue weighted by atomic mass is 19.3. The molecule has 0 aliphatic carbocycles. The van der Waals surface area contributed by atoms with Gasteiger partial charge in [-0.25, -0.2) is 8.78 Å². The fraction of sp³-hybridized carbons (Fsp3) is 0.455. The molecule has 0 fully saturated rings. The van der Waals surface area contributed by atoms with Crippen LogP contribution in [-0.4, -0.2) is 11.5 Å². The molecular weight excluding hydrogens is 186 g/mol. The van der Waals surface area contributed by atoms with Gasteiger partial charge in [0.25, 0.3) is 6.43 Å². The SMILES string of the molecule is Cc1ccc(C(C)(O)C(F)F)cc1C. The highest BCUT2D eigenvalue weighted by Gasteiger charge is 2.34. The van der Waals surface area contributed by atoms with Crippen LogP contribution in [0.1, 0.15) is 23.6 Å². The number of hydrogen-bond donors (Lipinski definition) is 1. The van der Waals surface area contributed by atoms with Gasteiger partial charge in [0.15, 0.2) is 0 Å². The molecule has 1 aromatic carbocycles. The van der Waals surface area contributed by atoms with Crippen molar-refractivity contribution in [1.82, 2.24) is 0 Å².